The number of carbonyl (C=O) groups is 1. The second-order valence-electron chi connectivity index (χ2n) is 13.5. The molecule has 0 aliphatic heterocycles. The number of hydrogen-bond donors (Lipinski definition) is 2. The molecule has 3 heteroatoms. The van der Waals surface area contributed by atoms with E-state index >= 15 is 0 Å². The fourth-order valence-corrected chi connectivity index (χ4v) is 6.25. The van der Waals surface area contributed by atoms with Crippen LogP contribution in [0, 0.1) is 27.6 Å². The van der Waals surface area contributed by atoms with Gasteiger partial charge in [-0.15, -0.1) is 0 Å². The summed E-state index contributed by atoms with van der Waals surface area (Å²) in [5.74, 6) is -1.32. The molecule has 0 heterocycles. The molecular formula is C31H48O3. The molecule has 1 aliphatic carbocycles. The summed E-state index contributed by atoms with van der Waals surface area (Å²) in [6.07, 6.45) is 4.24. The molecule has 3 nitrogen and oxygen atoms in total. The average molecular weight is 469 g/mol. The monoisotopic (exact) mass is 468 g/mol. The predicted octanol–water partition coefficient (Wildman–Crippen LogP) is 8.15. The number of benzene rings is 1. The van der Waals surface area contributed by atoms with E-state index in [4.69, 9.17) is 0 Å². The van der Waals surface area contributed by atoms with Crippen LogP contribution in [0.5, 0.6) is 0 Å². The molecule has 0 bridgehead atoms. The fraction of sp³-hybridized carbons (Fsp3) is 0.645. The van der Waals surface area contributed by atoms with Crippen molar-refractivity contribution in [3.05, 3.63) is 53.1 Å². The molecule has 0 amide bonds. The lowest BCUT2D eigenvalue weighted by atomic mass is 9.47. The van der Waals surface area contributed by atoms with Crippen LogP contribution in [0.4, 0.5) is 0 Å². The molecule has 2 N–H and O–H groups in total. The summed E-state index contributed by atoms with van der Waals surface area (Å²) in [6, 6.07) is 9.82. The molecule has 0 saturated heterocycles. The van der Waals surface area contributed by atoms with Crippen LogP contribution in [0.25, 0.3) is 5.57 Å². The third kappa shape index (κ3) is 5.05. The highest BCUT2D eigenvalue weighted by Crippen LogP contribution is 2.63. The highest BCUT2D eigenvalue weighted by molar-refractivity contribution is 6.01. The van der Waals surface area contributed by atoms with E-state index in [2.05, 4.69) is 76.2 Å². The van der Waals surface area contributed by atoms with Crippen molar-refractivity contribution in [1.29, 1.82) is 0 Å². The van der Waals surface area contributed by atoms with Gasteiger partial charge in [-0.2, -0.15) is 0 Å². The van der Waals surface area contributed by atoms with Crippen LogP contribution in [0.1, 0.15) is 101 Å². The lowest BCUT2D eigenvalue weighted by Crippen LogP contribution is -2.61. The zero-order valence-corrected chi connectivity index (χ0v) is 23.5. The summed E-state index contributed by atoms with van der Waals surface area (Å²) >= 11 is 0. The minimum Gasteiger partial charge on any atom is -0.478 e. The number of carboxylic acids is 1. The van der Waals surface area contributed by atoms with Gasteiger partial charge in [0.15, 0.2) is 0 Å². The van der Waals surface area contributed by atoms with Crippen LogP contribution >= 0.6 is 0 Å². The standard InChI is InChI=1S/C31H48O3/c1-12-28(6,7)23-19-22(26(32)33)24(21-17-15-14-16-18-21)25(29(8,9)13-2)31(23,34)30(10,11)20-27(3,4)5/h14-19,25,34H,12-13,20H2,1-11H3,(H,32,33). The Balaban J connectivity index is 3.13. The first kappa shape index (κ1) is 28.4. The maximum atomic E-state index is 13.3. The molecule has 0 saturated carbocycles. The average Bonchev–Trinajstić information content (AvgIpc) is 2.71. The molecule has 0 fully saturated rings. The van der Waals surface area contributed by atoms with Crippen molar-refractivity contribution in [1.82, 2.24) is 0 Å². The molecule has 2 unspecified atom stereocenters. The van der Waals surface area contributed by atoms with Gasteiger partial charge in [0.2, 0.25) is 0 Å². The van der Waals surface area contributed by atoms with E-state index in [-0.39, 0.29) is 22.2 Å². The van der Waals surface area contributed by atoms with E-state index in [1.54, 1.807) is 0 Å². The van der Waals surface area contributed by atoms with Gasteiger partial charge in [0.05, 0.1) is 11.2 Å². The Kier molecular flexibility index (Phi) is 7.76. The maximum Gasteiger partial charge on any atom is 0.335 e. The number of rotatable bonds is 8. The lowest BCUT2D eigenvalue weighted by molar-refractivity contribution is -0.133. The topological polar surface area (TPSA) is 57.5 Å². The normalized spacial score (nSPS) is 22.6. The quantitative estimate of drug-likeness (QED) is 0.405. The number of aliphatic hydroxyl groups is 1. The van der Waals surface area contributed by atoms with Gasteiger partial charge in [0.1, 0.15) is 0 Å². The summed E-state index contributed by atoms with van der Waals surface area (Å²) in [5, 5.41) is 23.7. The largest absolute Gasteiger partial charge is 0.478 e. The van der Waals surface area contributed by atoms with Crippen molar-refractivity contribution in [2.24, 2.45) is 27.6 Å². The molecule has 2 rings (SSSR count). The number of carboxylic acid groups (broad SMARTS) is 1. The van der Waals surface area contributed by atoms with Gasteiger partial charge in [0.25, 0.3) is 0 Å². The van der Waals surface area contributed by atoms with Crippen LogP contribution in [-0.4, -0.2) is 21.8 Å². The summed E-state index contributed by atoms with van der Waals surface area (Å²) in [7, 11) is 0. The van der Waals surface area contributed by atoms with E-state index < -0.39 is 17.0 Å². The Hall–Kier alpha value is -1.87. The number of aliphatic carboxylic acids is 1. The van der Waals surface area contributed by atoms with Gasteiger partial charge < -0.3 is 10.2 Å². The summed E-state index contributed by atoms with van der Waals surface area (Å²) in [6.45, 7) is 23.9. The van der Waals surface area contributed by atoms with Crippen molar-refractivity contribution in [2.45, 2.75) is 101 Å². The molecule has 34 heavy (non-hydrogen) atoms. The second kappa shape index (κ2) is 9.30. The Labute approximate surface area is 208 Å². The zero-order chi connectivity index (χ0) is 26.3. The second-order valence-corrected chi connectivity index (χ2v) is 13.5. The van der Waals surface area contributed by atoms with E-state index in [9.17, 15) is 15.0 Å². The first-order valence-electron chi connectivity index (χ1n) is 12.8. The van der Waals surface area contributed by atoms with E-state index in [0.717, 1.165) is 36.0 Å². The van der Waals surface area contributed by atoms with E-state index in [1.807, 2.05) is 36.4 Å². The van der Waals surface area contributed by atoms with Crippen LogP contribution in [0.2, 0.25) is 0 Å². The Morgan fingerprint density at radius 2 is 1.44 bits per heavy atom. The smallest absolute Gasteiger partial charge is 0.335 e. The zero-order valence-electron chi connectivity index (χ0n) is 23.5. The van der Waals surface area contributed by atoms with Crippen molar-refractivity contribution < 1.29 is 15.0 Å². The third-order valence-electron chi connectivity index (χ3n) is 8.32. The van der Waals surface area contributed by atoms with Crippen LogP contribution in [-0.2, 0) is 4.79 Å². The van der Waals surface area contributed by atoms with Crippen molar-refractivity contribution in [2.75, 3.05) is 0 Å². The van der Waals surface area contributed by atoms with Crippen LogP contribution in [0.15, 0.2) is 47.6 Å². The number of hydrogen-bond acceptors (Lipinski definition) is 2. The van der Waals surface area contributed by atoms with Crippen molar-refractivity contribution in [3.63, 3.8) is 0 Å². The molecule has 190 valence electrons. The molecule has 0 radical (unpaired) electrons. The van der Waals surface area contributed by atoms with Gasteiger partial charge in [-0.05, 0) is 57.3 Å². The third-order valence-corrected chi connectivity index (χ3v) is 8.32. The molecule has 1 aromatic rings. The molecular weight excluding hydrogens is 420 g/mol. The first-order valence-corrected chi connectivity index (χ1v) is 12.8. The Bertz CT molecular complexity index is 954. The molecule has 1 aliphatic rings. The van der Waals surface area contributed by atoms with Crippen LogP contribution in [0.3, 0.4) is 0 Å². The Morgan fingerprint density at radius 1 is 0.912 bits per heavy atom. The summed E-state index contributed by atoms with van der Waals surface area (Å²) in [4.78, 5) is 12.8. The van der Waals surface area contributed by atoms with Gasteiger partial charge in [-0.25, -0.2) is 4.79 Å². The lowest BCUT2D eigenvalue weighted by Gasteiger charge is -2.60. The van der Waals surface area contributed by atoms with Gasteiger partial charge in [-0.3, -0.25) is 0 Å². The van der Waals surface area contributed by atoms with Gasteiger partial charge in [0, 0.05) is 5.92 Å². The van der Waals surface area contributed by atoms with Crippen molar-refractivity contribution in [3.8, 4) is 0 Å². The predicted molar refractivity (Wildman–Crippen MR) is 144 cm³/mol. The van der Waals surface area contributed by atoms with E-state index in [0.29, 0.717) is 5.57 Å². The molecule has 2 atom stereocenters. The van der Waals surface area contributed by atoms with Crippen LogP contribution < -0.4 is 0 Å². The maximum absolute atomic E-state index is 13.3. The molecule has 0 spiro atoms. The minimum atomic E-state index is -1.23. The Morgan fingerprint density at radius 3 is 1.85 bits per heavy atom. The van der Waals surface area contributed by atoms with Crippen molar-refractivity contribution >= 4 is 11.5 Å². The highest BCUT2D eigenvalue weighted by Gasteiger charge is 2.61. The summed E-state index contributed by atoms with van der Waals surface area (Å²) in [5.41, 5.74) is 0.319. The first-order chi connectivity index (χ1) is 15.4. The van der Waals surface area contributed by atoms with Gasteiger partial charge in [-0.1, -0.05) is 113 Å². The SMILES string of the molecule is CCC(C)(C)C1=CC(C(=O)O)=C(c2ccccc2)C(C(C)(C)CC)C1(O)C(C)(C)CC(C)(C)C. The van der Waals surface area contributed by atoms with E-state index in [1.165, 1.54) is 0 Å². The van der Waals surface area contributed by atoms with Gasteiger partial charge >= 0.3 is 5.97 Å². The minimum absolute atomic E-state index is 0.00863. The molecule has 0 aromatic heterocycles. The molecule has 1 aromatic carbocycles. The summed E-state index contributed by atoms with van der Waals surface area (Å²) < 4.78 is 0. The fourth-order valence-electron chi connectivity index (χ4n) is 6.25. The highest BCUT2D eigenvalue weighted by atomic mass is 16.4.